The van der Waals surface area contributed by atoms with Crippen molar-refractivity contribution in [1.82, 2.24) is 4.98 Å². The number of hydrazine groups is 1. The van der Waals surface area contributed by atoms with Crippen LogP contribution in [-0.2, 0) is 0 Å². The predicted molar refractivity (Wildman–Crippen MR) is 113 cm³/mol. The molecule has 0 aliphatic heterocycles. The lowest BCUT2D eigenvalue weighted by molar-refractivity contribution is 0.0973. The van der Waals surface area contributed by atoms with E-state index in [0.717, 1.165) is 40.4 Å². The number of aromatic nitrogens is 1. The van der Waals surface area contributed by atoms with Crippen LogP contribution in [-0.4, -0.2) is 16.6 Å². The number of pyridine rings is 1. The average Bonchev–Trinajstić information content (AvgIpc) is 2.73. The number of nitrogen functional groups attached to an aromatic ring is 1. The van der Waals surface area contributed by atoms with Crippen molar-refractivity contribution in [2.75, 3.05) is 5.43 Å². The van der Waals surface area contributed by atoms with Crippen molar-refractivity contribution in [3.63, 3.8) is 0 Å². The number of carbonyl (C=O) groups is 2. The van der Waals surface area contributed by atoms with E-state index < -0.39 is 0 Å². The van der Waals surface area contributed by atoms with E-state index in [-0.39, 0.29) is 11.6 Å². The molecule has 0 atom stereocenters. The molecule has 5 heteroatoms. The Morgan fingerprint density at radius 1 is 0.821 bits per heavy atom. The molecule has 0 aliphatic carbocycles. The second kappa shape index (κ2) is 8.76. The lowest BCUT2D eigenvalue weighted by Gasteiger charge is -2.10. The first-order valence-electron chi connectivity index (χ1n) is 9.65. The van der Waals surface area contributed by atoms with Gasteiger partial charge in [0.2, 0.25) is 0 Å². The number of nitrogens with two attached hydrogens (primary N) is 1. The van der Waals surface area contributed by atoms with Crippen molar-refractivity contribution >= 4 is 28.0 Å². The highest BCUT2D eigenvalue weighted by Gasteiger charge is 2.15. The first-order valence-corrected chi connectivity index (χ1v) is 9.65. The summed E-state index contributed by atoms with van der Waals surface area (Å²) in [5.74, 6) is 5.41. The Labute approximate surface area is 164 Å². The van der Waals surface area contributed by atoms with Gasteiger partial charge >= 0.3 is 0 Å². The summed E-state index contributed by atoms with van der Waals surface area (Å²) in [5.41, 5.74) is 5.98. The van der Waals surface area contributed by atoms with Crippen LogP contribution < -0.4 is 11.3 Å². The van der Waals surface area contributed by atoms with E-state index >= 15 is 0 Å². The van der Waals surface area contributed by atoms with Crippen LogP contribution in [0.4, 0.5) is 5.69 Å². The Morgan fingerprint density at radius 3 is 1.96 bits per heavy atom. The van der Waals surface area contributed by atoms with E-state index in [9.17, 15) is 9.59 Å². The van der Waals surface area contributed by atoms with E-state index in [1.165, 1.54) is 0 Å². The molecule has 144 valence electrons. The van der Waals surface area contributed by atoms with Gasteiger partial charge in [0, 0.05) is 18.5 Å². The minimum absolute atomic E-state index is 0.0330. The van der Waals surface area contributed by atoms with E-state index in [1.807, 2.05) is 50.2 Å². The smallest absolute Gasteiger partial charge is 0.181 e. The quantitative estimate of drug-likeness (QED) is 0.323. The van der Waals surface area contributed by atoms with Crippen LogP contribution in [0, 0.1) is 0 Å². The lowest BCUT2D eigenvalue weighted by Crippen LogP contribution is -2.09. The number of fused-ring (bicyclic) bond motifs is 1. The van der Waals surface area contributed by atoms with Crippen molar-refractivity contribution in [3.05, 3.63) is 59.9 Å². The van der Waals surface area contributed by atoms with Crippen molar-refractivity contribution in [2.24, 2.45) is 5.84 Å². The number of anilines is 1. The van der Waals surface area contributed by atoms with E-state index in [2.05, 4.69) is 10.4 Å². The third-order valence-corrected chi connectivity index (χ3v) is 4.69. The van der Waals surface area contributed by atoms with E-state index in [0.29, 0.717) is 24.2 Å². The fourth-order valence-corrected chi connectivity index (χ4v) is 3.21. The number of nitrogens with one attached hydrogen (secondary N) is 1. The highest BCUT2D eigenvalue weighted by Crippen LogP contribution is 2.28. The molecule has 0 amide bonds. The molecular weight excluding hydrogens is 350 g/mol. The molecule has 5 nitrogen and oxygen atoms in total. The molecule has 0 spiro atoms. The molecule has 0 unspecified atom stereocenters. The normalized spacial score (nSPS) is 10.8. The molecule has 0 fully saturated rings. The number of rotatable bonds is 8. The first-order chi connectivity index (χ1) is 13.5. The van der Waals surface area contributed by atoms with Crippen molar-refractivity contribution in [3.8, 4) is 11.1 Å². The Bertz CT molecular complexity index is 991. The fraction of sp³-hybridized carbons (Fsp3) is 0.261. The molecular formula is C23H25N3O2. The molecule has 28 heavy (non-hydrogen) atoms. The third kappa shape index (κ3) is 4.26. The number of nitrogens with zero attached hydrogens (tertiary/aromatic N) is 1. The van der Waals surface area contributed by atoms with Gasteiger partial charge in [0.05, 0.1) is 0 Å². The van der Waals surface area contributed by atoms with Crippen LogP contribution >= 0.6 is 0 Å². The first kappa shape index (κ1) is 19.7. The number of carbonyl (C=O) groups excluding carboxylic acids is 2. The maximum absolute atomic E-state index is 12.5. The van der Waals surface area contributed by atoms with Gasteiger partial charge in [0.25, 0.3) is 0 Å². The van der Waals surface area contributed by atoms with Gasteiger partial charge in [0.1, 0.15) is 11.4 Å². The highest BCUT2D eigenvalue weighted by atomic mass is 16.1. The molecule has 0 bridgehead atoms. The predicted octanol–water partition coefficient (Wildman–Crippen LogP) is 5.15. The molecule has 0 saturated carbocycles. The van der Waals surface area contributed by atoms with Crippen LogP contribution in [0.5, 0.6) is 0 Å². The maximum atomic E-state index is 12.5. The summed E-state index contributed by atoms with van der Waals surface area (Å²) in [4.78, 5) is 29.3. The zero-order valence-electron chi connectivity index (χ0n) is 16.3. The van der Waals surface area contributed by atoms with Gasteiger partial charge in [-0.15, -0.1) is 0 Å². The monoisotopic (exact) mass is 375 g/mol. The minimum Gasteiger partial charge on any atom is -0.324 e. The van der Waals surface area contributed by atoms with Crippen molar-refractivity contribution in [2.45, 2.75) is 39.5 Å². The Balaban J connectivity index is 2.09. The van der Waals surface area contributed by atoms with Crippen LogP contribution in [0.3, 0.4) is 0 Å². The van der Waals surface area contributed by atoms with Gasteiger partial charge in [-0.1, -0.05) is 32.0 Å². The molecule has 3 N–H and O–H groups in total. The van der Waals surface area contributed by atoms with Gasteiger partial charge in [-0.2, -0.15) is 0 Å². The molecule has 0 saturated heterocycles. The second-order valence-electron chi connectivity index (χ2n) is 6.89. The summed E-state index contributed by atoms with van der Waals surface area (Å²) in [6, 6.07) is 15.5. The fourth-order valence-electron chi connectivity index (χ4n) is 3.21. The zero-order valence-corrected chi connectivity index (χ0v) is 16.3. The Hall–Kier alpha value is -3.05. The number of Topliss-reactive ketones (excluding diaryl/α,β-unsaturated/α-hetero) is 2. The van der Waals surface area contributed by atoms with Crippen LogP contribution in [0.1, 0.15) is 60.5 Å². The van der Waals surface area contributed by atoms with Gasteiger partial charge in [-0.05, 0) is 65.1 Å². The molecule has 0 radical (unpaired) electrons. The van der Waals surface area contributed by atoms with Crippen molar-refractivity contribution < 1.29 is 9.59 Å². The molecule has 3 aromatic rings. The summed E-state index contributed by atoms with van der Waals surface area (Å²) in [7, 11) is 0. The van der Waals surface area contributed by atoms with Crippen LogP contribution in [0.15, 0.2) is 48.5 Å². The Morgan fingerprint density at radius 2 is 1.39 bits per heavy atom. The van der Waals surface area contributed by atoms with Gasteiger partial charge in [-0.25, -0.2) is 4.98 Å². The minimum atomic E-state index is -0.0330. The van der Waals surface area contributed by atoms with E-state index in [1.54, 1.807) is 12.1 Å². The van der Waals surface area contributed by atoms with E-state index in [4.69, 9.17) is 5.84 Å². The SMILES string of the molecule is CCCC(=O)c1cc(-c2ccc3cc(NN)ccc3c2)cc(C(=O)CCC)n1. The number of hydrogen-bond acceptors (Lipinski definition) is 5. The van der Waals surface area contributed by atoms with Crippen LogP contribution in [0.25, 0.3) is 21.9 Å². The van der Waals surface area contributed by atoms with Gasteiger partial charge in [-0.3, -0.25) is 15.4 Å². The van der Waals surface area contributed by atoms with Crippen LogP contribution in [0.2, 0.25) is 0 Å². The number of hydrogen-bond donors (Lipinski definition) is 2. The van der Waals surface area contributed by atoms with Gasteiger partial charge < -0.3 is 5.43 Å². The zero-order chi connectivity index (χ0) is 20.1. The maximum Gasteiger partial charge on any atom is 0.181 e. The lowest BCUT2D eigenvalue weighted by atomic mass is 9.98. The van der Waals surface area contributed by atoms with Crippen molar-refractivity contribution in [1.29, 1.82) is 0 Å². The molecule has 3 rings (SSSR count). The molecule has 0 aliphatic rings. The Kier molecular flexibility index (Phi) is 6.16. The molecule has 2 aromatic carbocycles. The second-order valence-corrected chi connectivity index (χ2v) is 6.89. The topological polar surface area (TPSA) is 85.1 Å². The third-order valence-electron chi connectivity index (χ3n) is 4.69. The number of ketones is 2. The highest BCUT2D eigenvalue weighted by molar-refractivity contribution is 6.00. The summed E-state index contributed by atoms with van der Waals surface area (Å²) in [6.07, 6.45) is 2.34. The largest absolute Gasteiger partial charge is 0.324 e. The standard InChI is InChI=1S/C23H25N3O2/c1-3-5-22(27)20-13-18(14-21(25-20)23(28)6-4-2)16-7-8-17-12-19(26-24)10-9-15(17)11-16/h7-14,26H,3-6,24H2,1-2H3. The summed E-state index contributed by atoms with van der Waals surface area (Å²) < 4.78 is 0. The number of benzene rings is 2. The molecule has 1 aromatic heterocycles. The van der Waals surface area contributed by atoms with Gasteiger partial charge in [0.15, 0.2) is 11.6 Å². The average molecular weight is 375 g/mol. The molecule has 1 heterocycles. The summed E-state index contributed by atoms with van der Waals surface area (Å²) >= 11 is 0. The summed E-state index contributed by atoms with van der Waals surface area (Å²) in [5, 5.41) is 2.11. The summed E-state index contributed by atoms with van der Waals surface area (Å²) in [6.45, 7) is 3.91.